The maximum absolute atomic E-state index is 4.17. The Morgan fingerprint density at radius 1 is 0.808 bits per heavy atom. The van der Waals surface area contributed by atoms with Crippen molar-refractivity contribution >= 4 is 22.9 Å². The van der Waals surface area contributed by atoms with Gasteiger partial charge in [-0.15, -0.1) is 0 Å². The summed E-state index contributed by atoms with van der Waals surface area (Å²) in [7, 11) is 0. The van der Waals surface area contributed by atoms with Crippen LogP contribution in [-0.2, 0) is 6.42 Å². The van der Waals surface area contributed by atoms with Gasteiger partial charge in [0, 0.05) is 12.6 Å². The monoisotopic (exact) mass is 351 g/mol. The normalized spacial score (nSPS) is 11.1. The highest BCUT2D eigenvalue weighted by molar-refractivity contribution is 5.75. The van der Waals surface area contributed by atoms with Crippen LogP contribution in [0.2, 0.25) is 0 Å². The van der Waals surface area contributed by atoms with Crippen molar-refractivity contribution in [3.63, 3.8) is 0 Å². The van der Waals surface area contributed by atoms with Crippen molar-refractivity contribution in [3.05, 3.63) is 60.4 Å². The third-order valence-electron chi connectivity index (χ3n) is 2.86. The Morgan fingerprint density at radius 3 is 2.00 bits per heavy atom. The lowest BCUT2D eigenvalue weighted by atomic mass is 10.2. The smallest absolute Gasteiger partial charge is 0.0931 e. The number of rotatable bonds is 0. The molecule has 0 unspecified atom stereocenters. The topological polar surface area (TPSA) is 41.0 Å². The molecule has 0 bridgehead atoms. The Hall–Kier alpha value is -2.42. The van der Waals surface area contributed by atoms with Crippen molar-refractivity contribution in [1.82, 2.24) is 9.97 Å². The van der Waals surface area contributed by atoms with Crippen LogP contribution in [0.15, 0.2) is 59.9 Å². The number of aliphatic imine (C=N–C) groups is 1. The first kappa shape index (κ1) is 21.6. The lowest BCUT2D eigenvalue weighted by molar-refractivity contribution is 0.736. The SMILES string of the molecule is C1=Nc2ccccc2C1.CC(C)C.CC(C)C.c1ccc2[nH]cnc2c1. The molecule has 26 heavy (non-hydrogen) atoms. The highest BCUT2D eigenvalue weighted by Crippen LogP contribution is 2.22. The summed E-state index contributed by atoms with van der Waals surface area (Å²) >= 11 is 0. The van der Waals surface area contributed by atoms with Crippen molar-refractivity contribution < 1.29 is 0 Å². The minimum atomic E-state index is 0.833. The number of nitrogens with zero attached hydrogens (tertiary/aromatic N) is 2. The van der Waals surface area contributed by atoms with Crippen LogP contribution in [0.3, 0.4) is 0 Å². The summed E-state index contributed by atoms with van der Waals surface area (Å²) in [5.41, 5.74) is 4.60. The second-order valence-electron chi connectivity index (χ2n) is 7.53. The number of hydrogen-bond acceptors (Lipinski definition) is 2. The molecule has 1 aliphatic rings. The van der Waals surface area contributed by atoms with Gasteiger partial charge in [0.25, 0.3) is 0 Å². The summed E-state index contributed by atoms with van der Waals surface area (Å²) in [4.78, 5) is 11.2. The van der Waals surface area contributed by atoms with Gasteiger partial charge in [0.1, 0.15) is 0 Å². The zero-order valence-electron chi connectivity index (χ0n) is 17.0. The Kier molecular flexibility index (Phi) is 9.99. The van der Waals surface area contributed by atoms with Gasteiger partial charge in [0.15, 0.2) is 0 Å². The number of H-pyrrole nitrogens is 1. The molecule has 1 aromatic heterocycles. The first-order valence-electron chi connectivity index (χ1n) is 9.38. The highest BCUT2D eigenvalue weighted by Gasteiger charge is 2.01. The summed E-state index contributed by atoms with van der Waals surface area (Å²) < 4.78 is 0. The van der Waals surface area contributed by atoms with Crippen molar-refractivity contribution in [2.75, 3.05) is 0 Å². The van der Waals surface area contributed by atoms with E-state index in [1.54, 1.807) is 6.33 Å². The summed E-state index contributed by atoms with van der Waals surface area (Å²) in [6, 6.07) is 16.2. The zero-order valence-corrected chi connectivity index (χ0v) is 17.0. The van der Waals surface area contributed by atoms with Crippen molar-refractivity contribution in [2.45, 2.75) is 48.0 Å². The molecule has 4 rings (SSSR count). The molecule has 0 amide bonds. The third-order valence-corrected chi connectivity index (χ3v) is 2.86. The number of imidazole rings is 1. The van der Waals surface area contributed by atoms with Gasteiger partial charge in [-0.2, -0.15) is 0 Å². The Bertz CT molecular complexity index is 728. The lowest BCUT2D eigenvalue weighted by Crippen LogP contribution is -1.75. The van der Waals surface area contributed by atoms with Crippen LogP contribution in [-0.4, -0.2) is 16.2 Å². The fourth-order valence-corrected chi connectivity index (χ4v) is 1.93. The first-order chi connectivity index (χ1) is 12.4. The quantitative estimate of drug-likeness (QED) is 0.473. The molecule has 0 saturated carbocycles. The van der Waals surface area contributed by atoms with Gasteiger partial charge >= 0.3 is 0 Å². The maximum atomic E-state index is 4.17. The van der Waals surface area contributed by atoms with Gasteiger partial charge < -0.3 is 4.98 Å². The zero-order chi connectivity index (χ0) is 19.4. The molecule has 0 saturated heterocycles. The van der Waals surface area contributed by atoms with Crippen LogP contribution in [0.25, 0.3) is 11.0 Å². The molecule has 2 aromatic carbocycles. The second-order valence-corrected chi connectivity index (χ2v) is 7.53. The molecule has 140 valence electrons. The number of benzene rings is 2. The lowest BCUT2D eigenvalue weighted by Gasteiger charge is -1.91. The number of para-hydroxylation sites is 3. The molecule has 0 spiro atoms. The van der Waals surface area contributed by atoms with E-state index >= 15 is 0 Å². The van der Waals surface area contributed by atoms with Crippen molar-refractivity contribution in [3.8, 4) is 0 Å². The van der Waals surface area contributed by atoms with E-state index in [-0.39, 0.29) is 0 Å². The summed E-state index contributed by atoms with van der Waals surface area (Å²) in [6.07, 6.45) is 4.66. The molecule has 2 heterocycles. The Labute approximate surface area is 158 Å². The minimum Gasteiger partial charge on any atom is -0.345 e. The van der Waals surface area contributed by atoms with E-state index in [4.69, 9.17) is 0 Å². The number of fused-ring (bicyclic) bond motifs is 2. The average molecular weight is 352 g/mol. The molecule has 0 atom stereocenters. The van der Waals surface area contributed by atoms with Crippen LogP contribution in [0, 0.1) is 11.8 Å². The standard InChI is InChI=1S/C8H7N.C7H6N2.2C4H10/c1-2-4-8-7(3-1)5-6-9-8;1-2-4-7-6(3-1)8-5-9-7;2*1-4(2)3/h1-4,6H,5H2;1-5H,(H,8,9);2*4H,1-3H3. The van der Waals surface area contributed by atoms with Gasteiger partial charge in [-0.25, -0.2) is 4.98 Å². The molecule has 0 fully saturated rings. The molecule has 3 heteroatoms. The van der Waals surface area contributed by atoms with Gasteiger partial charge in [0.2, 0.25) is 0 Å². The molecular formula is C23H33N3. The predicted molar refractivity (Wildman–Crippen MR) is 115 cm³/mol. The number of aromatic nitrogens is 2. The van der Waals surface area contributed by atoms with Gasteiger partial charge in [-0.05, 0) is 35.6 Å². The van der Waals surface area contributed by atoms with E-state index in [1.165, 1.54) is 5.56 Å². The average Bonchev–Trinajstić information content (AvgIpc) is 3.23. The van der Waals surface area contributed by atoms with Crippen LogP contribution in [0.4, 0.5) is 5.69 Å². The largest absolute Gasteiger partial charge is 0.345 e. The molecule has 1 aliphatic heterocycles. The van der Waals surface area contributed by atoms with E-state index in [2.05, 4.69) is 62.6 Å². The van der Waals surface area contributed by atoms with Crippen LogP contribution >= 0.6 is 0 Å². The van der Waals surface area contributed by atoms with Crippen LogP contribution in [0.1, 0.15) is 47.1 Å². The van der Waals surface area contributed by atoms with E-state index in [0.29, 0.717) is 0 Å². The summed E-state index contributed by atoms with van der Waals surface area (Å²) in [6.45, 7) is 13.0. The van der Waals surface area contributed by atoms with Gasteiger partial charge in [-0.1, -0.05) is 71.9 Å². The van der Waals surface area contributed by atoms with Crippen LogP contribution < -0.4 is 0 Å². The molecule has 3 aromatic rings. The molecule has 3 nitrogen and oxygen atoms in total. The van der Waals surface area contributed by atoms with Crippen LogP contribution in [0.5, 0.6) is 0 Å². The molecule has 0 radical (unpaired) electrons. The Balaban J connectivity index is 0.000000188. The van der Waals surface area contributed by atoms with Gasteiger partial charge in [0.05, 0.1) is 23.0 Å². The molecule has 1 N–H and O–H groups in total. The Morgan fingerprint density at radius 2 is 1.38 bits per heavy atom. The predicted octanol–water partition coefficient (Wildman–Crippen LogP) is 6.83. The number of hydrogen-bond donors (Lipinski definition) is 1. The highest BCUT2D eigenvalue weighted by atomic mass is 14.9. The first-order valence-corrected chi connectivity index (χ1v) is 9.38. The van der Waals surface area contributed by atoms with E-state index < -0.39 is 0 Å². The molecular weight excluding hydrogens is 318 g/mol. The number of nitrogens with one attached hydrogen (secondary N) is 1. The van der Waals surface area contributed by atoms with Gasteiger partial charge in [-0.3, -0.25) is 4.99 Å². The summed E-state index contributed by atoms with van der Waals surface area (Å²) in [5.74, 6) is 1.67. The second kappa shape index (κ2) is 12.0. The third kappa shape index (κ3) is 9.16. The fraction of sp³-hybridized carbons (Fsp3) is 0.391. The summed E-state index contributed by atoms with van der Waals surface area (Å²) in [5, 5.41) is 0. The van der Waals surface area contributed by atoms with E-state index in [0.717, 1.165) is 35.0 Å². The van der Waals surface area contributed by atoms with Crippen molar-refractivity contribution in [1.29, 1.82) is 0 Å². The van der Waals surface area contributed by atoms with E-state index in [9.17, 15) is 0 Å². The fourth-order valence-electron chi connectivity index (χ4n) is 1.93. The van der Waals surface area contributed by atoms with E-state index in [1.807, 2.05) is 48.7 Å². The van der Waals surface area contributed by atoms with Crippen molar-refractivity contribution in [2.24, 2.45) is 16.8 Å². The number of aromatic amines is 1. The maximum Gasteiger partial charge on any atom is 0.0931 e. The minimum absolute atomic E-state index is 0.833. The molecule has 0 aliphatic carbocycles.